The molecule has 1 N–H and O–H groups in total. The van der Waals surface area contributed by atoms with Gasteiger partial charge in [-0.25, -0.2) is 4.98 Å². The first-order valence-corrected chi connectivity index (χ1v) is 6.03. The maximum absolute atomic E-state index is 12.7. The molecule has 3 unspecified atom stereocenters. The van der Waals surface area contributed by atoms with Gasteiger partial charge in [0.05, 0.1) is 11.9 Å². The van der Waals surface area contributed by atoms with Crippen LogP contribution in [-0.4, -0.2) is 11.0 Å². The summed E-state index contributed by atoms with van der Waals surface area (Å²) in [6, 6.07) is 3.66. The molecule has 1 heterocycles. The number of hydrogen-bond donors (Lipinski definition) is 1. The van der Waals surface area contributed by atoms with Crippen molar-refractivity contribution >= 4 is 5.69 Å². The molecule has 0 amide bonds. The molecule has 1 aliphatic rings. The van der Waals surface area contributed by atoms with Gasteiger partial charge in [-0.3, -0.25) is 0 Å². The Hall–Kier alpha value is -1.12. The van der Waals surface area contributed by atoms with Gasteiger partial charge < -0.3 is 5.32 Å². The zero-order valence-electron chi connectivity index (χ0n) is 9.91. The van der Waals surface area contributed by atoms with Crippen LogP contribution in [0.15, 0.2) is 18.3 Å². The van der Waals surface area contributed by atoms with Crippen LogP contribution in [0.25, 0.3) is 0 Å². The SMILES string of the molecule is CC1CCC(C)C(Nc2ccc(F)nc2)C1. The molecular weight excluding hydrogens is 203 g/mol. The molecule has 0 spiro atoms. The molecule has 2 rings (SSSR count). The van der Waals surface area contributed by atoms with Gasteiger partial charge in [0.2, 0.25) is 5.95 Å². The highest BCUT2D eigenvalue weighted by Gasteiger charge is 2.25. The van der Waals surface area contributed by atoms with E-state index in [-0.39, 0.29) is 0 Å². The average molecular weight is 222 g/mol. The van der Waals surface area contributed by atoms with Crippen molar-refractivity contribution in [1.82, 2.24) is 4.98 Å². The first-order valence-electron chi connectivity index (χ1n) is 6.03. The minimum absolute atomic E-state index is 0.421. The number of aromatic nitrogens is 1. The maximum atomic E-state index is 12.7. The third-order valence-corrected chi connectivity index (χ3v) is 3.54. The lowest BCUT2D eigenvalue weighted by atomic mass is 9.80. The minimum atomic E-state index is -0.421. The smallest absolute Gasteiger partial charge is 0.212 e. The average Bonchev–Trinajstić information content (AvgIpc) is 2.27. The lowest BCUT2D eigenvalue weighted by molar-refractivity contribution is 0.280. The fourth-order valence-electron chi connectivity index (χ4n) is 2.41. The molecule has 0 radical (unpaired) electrons. The highest BCUT2D eigenvalue weighted by molar-refractivity contribution is 5.41. The number of anilines is 1. The molecule has 3 heteroatoms. The second-order valence-electron chi connectivity index (χ2n) is 5.02. The number of halogens is 1. The maximum Gasteiger partial charge on any atom is 0.212 e. The van der Waals surface area contributed by atoms with Gasteiger partial charge in [0.25, 0.3) is 0 Å². The predicted octanol–water partition coefficient (Wildman–Crippen LogP) is 3.46. The van der Waals surface area contributed by atoms with Crippen LogP contribution in [0.3, 0.4) is 0 Å². The van der Waals surface area contributed by atoms with Crippen LogP contribution in [0, 0.1) is 17.8 Å². The molecule has 3 atom stereocenters. The van der Waals surface area contributed by atoms with E-state index in [4.69, 9.17) is 0 Å². The summed E-state index contributed by atoms with van der Waals surface area (Å²) in [5.41, 5.74) is 0.923. The largest absolute Gasteiger partial charge is 0.381 e. The molecule has 1 aromatic rings. The van der Waals surface area contributed by atoms with E-state index in [1.54, 1.807) is 12.3 Å². The van der Waals surface area contributed by atoms with E-state index >= 15 is 0 Å². The third kappa shape index (κ3) is 2.71. The van der Waals surface area contributed by atoms with Crippen LogP contribution >= 0.6 is 0 Å². The van der Waals surface area contributed by atoms with Gasteiger partial charge in [-0.1, -0.05) is 20.3 Å². The number of nitrogens with one attached hydrogen (secondary N) is 1. The highest BCUT2D eigenvalue weighted by Crippen LogP contribution is 2.30. The lowest BCUT2D eigenvalue weighted by Crippen LogP contribution is -2.33. The van der Waals surface area contributed by atoms with Gasteiger partial charge in [0, 0.05) is 6.04 Å². The summed E-state index contributed by atoms with van der Waals surface area (Å²) in [6.07, 6.45) is 5.36. The number of pyridine rings is 1. The quantitative estimate of drug-likeness (QED) is 0.775. The highest BCUT2D eigenvalue weighted by atomic mass is 19.1. The Balaban J connectivity index is 2.00. The first-order chi connectivity index (χ1) is 7.65. The fourth-order valence-corrected chi connectivity index (χ4v) is 2.41. The van der Waals surface area contributed by atoms with Crippen LogP contribution in [0.1, 0.15) is 33.1 Å². The number of hydrogen-bond acceptors (Lipinski definition) is 2. The van der Waals surface area contributed by atoms with E-state index in [0.717, 1.165) is 11.6 Å². The molecule has 0 saturated heterocycles. The van der Waals surface area contributed by atoms with Crippen LogP contribution in [-0.2, 0) is 0 Å². The second-order valence-corrected chi connectivity index (χ2v) is 5.02. The first kappa shape index (κ1) is 11.4. The van der Waals surface area contributed by atoms with Crippen molar-refractivity contribution in [3.63, 3.8) is 0 Å². The molecule has 0 aliphatic heterocycles. The molecule has 1 aliphatic carbocycles. The normalized spacial score (nSPS) is 30.1. The topological polar surface area (TPSA) is 24.9 Å². The Kier molecular flexibility index (Phi) is 3.42. The van der Waals surface area contributed by atoms with Crippen molar-refractivity contribution in [2.24, 2.45) is 11.8 Å². The van der Waals surface area contributed by atoms with E-state index < -0.39 is 5.95 Å². The van der Waals surface area contributed by atoms with Crippen molar-refractivity contribution < 1.29 is 4.39 Å². The second kappa shape index (κ2) is 4.81. The van der Waals surface area contributed by atoms with Crippen LogP contribution < -0.4 is 5.32 Å². The van der Waals surface area contributed by atoms with E-state index in [1.807, 2.05) is 0 Å². The lowest BCUT2D eigenvalue weighted by Gasteiger charge is -2.33. The molecule has 0 bridgehead atoms. The van der Waals surface area contributed by atoms with Crippen LogP contribution in [0.2, 0.25) is 0 Å². The zero-order valence-corrected chi connectivity index (χ0v) is 9.91. The van der Waals surface area contributed by atoms with Crippen molar-refractivity contribution in [2.45, 2.75) is 39.2 Å². The van der Waals surface area contributed by atoms with E-state index in [0.29, 0.717) is 12.0 Å². The van der Waals surface area contributed by atoms with Crippen molar-refractivity contribution in [1.29, 1.82) is 0 Å². The Morgan fingerprint density at radius 3 is 2.81 bits per heavy atom. The van der Waals surface area contributed by atoms with Gasteiger partial charge in [-0.2, -0.15) is 4.39 Å². The van der Waals surface area contributed by atoms with Crippen LogP contribution in [0.5, 0.6) is 0 Å². The minimum Gasteiger partial charge on any atom is -0.381 e. The Morgan fingerprint density at radius 2 is 2.12 bits per heavy atom. The summed E-state index contributed by atoms with van der Waals surface area (Å²) < 4.78 is 12.7. The summed E-state index contributed by atoms with van der Waals surface area (Å²) >= 11 is 0. The fraction of sp³-hybridized carbons (Fsp3) is 0.615. The molecule has 88 valence electrons. The monoisotopic (exact) mass is 222 g/mol. The van der Waals surface area contributed by atoms with Crippen LogP contribution in [0.4, 0.5) is 10.1 Å². The standard InChI is InChI=1S/C13H19FN2/c1-9-3-4-10(2)12(7-9)16-11-5-6-13(14)15-8-11/h5-6,8-10,12,16H,3-4,7H2,1-2H3. The summed E-state index contributed by atoms with van der Waals surface area (Å²) in [6.45, 7) is 4.57. The van der Waals surface area contributed by atoms with Crippen molar-refractivity contribution in [2.75, 3.05) is 5.32 Å². The Morgan fingerprint density at radius 1 is 1.31 bits per heavy atom. The molecular formula is C13H19FN2. The molecule has 16 heavy (non-hydrogen) atoms. The van der Waals surface area contributed by atoms with Crippen molar-refractivity contribution in [3.05, 3.63) is 24.3 Å². The molecule has 2 nitrogen and oxygen atoms in total. The summed E-state index contributed by atoms with van der Waals surface area (Å²) in [4.78, 5) is 3.66. The number of rotatable bonds is 2. The Bertz CT molecular complexity index is 336. The third-order valence-electron chi connectivity index (χ3n) is 3.54. The van der Waals surface area contributed by atoms with E-state index in [2.05, 4.69) is 24.1 Å². The Labute approximate surface area is 96.3 Å². The van der Waals surface area contributed by atoms with E-state index in [9.17, 15) is 4.39 Å². The van der Waals surface area contributed by atoms with Gasteiger partial charge in [0.15, 0.2) is 0 Å². The number of nitrogens with zero attached hydrogens (tertiary/aromatic N) is 1. The van der Waals surface area contributed by atoms with Crippen molar-refractivity contribution in [3.8, 4) is 0 Å². The molecule has 1 fully saturated rings. The molecule has 0 aromatic carbocycles. The zero-order chi connectivity index (χ0) is 11.5. The van der Waals surface area contributed by atoms with Gasteiger partial charge in [-0.15, -0.1) is 0 Å². The summed E-state index contributed by atoms with van der Waals surface area (Å²) in [5, 5.41) is 3.46. The van der Waals surface area contributed by atoms with Gasteiger partial charge in [0.1, 0.15) is 0 Å². The molecule has 1 aromatic heterocycles. The predicted molar refractivity (Wildman–Crippen MR) is 63.8 cm³/mol. The molecule has 1 saturated carbocycles. The van der Waals surface area contributed by atoms with Gasteiger partial charge >= 0.3 is 0 Å². The van der Waals surface area contributed by atoms with Gasteiger partial charge in [-0.05, 0) is 36.8 Å². The summed E-state index contributed by atoms with van der Waals surface area (Å²) in [5.74, 6) is 1.04. The van der Waals surface area contributed by atoms with E-state index in [1.165, 1.54) is 25.3 Å². The summed E-state index contributed by atoms with van der Waals surface area (Å²) in [7, 11) is 0.